The molecule has 0 aliphatic heterocycles. The van der Waals surface area contributed by atoms with E-state index in [4.69, 9.17) is 0 Å². The molecule has 0 saturated carbocycles. The number of aromatic amines is 1. The maximum absolute atomic E-state index is 13.2. The number of amides is 2. The van der Waals surface area contributed by atoms with Crippen LogP contribution in [-0.4, -0.2) is 46.9 Å². The first-order valence-electron chi connectivity index (χ1n) is 10.5. The van der Waals surface area contributed by atoms with Crippen LogP contribution in [0.5, 0.6) is 0 Å². The van der Waals surface area contributed by atoms with E-state index < -0.39 is 17.2 Å². The Labute approximate surface area is 199 Å². The Kier molecular flexibility index (Phi) is 6.24. The van der Waals surface area contributed by atoms with Crippen molar-refractivity contribution in [1.82, 2.24) is 34.7 Å². The second-order valence-corrected chi connectivity index (χ2v) is 9.60. The van der Waals surface area contributed by atoms with E-state index in [0.717, 1.165) is 10.1 Å². The smallest absolute Gasteiger partial charge is 0.287 e. The largest absolute Gasteiger partial charge is 0.344 e. The number of aromatic nitrogens is 6. The van der Waals surface area contributed by atoms with Crippen molar-refractivity contribution >= 4 is 45.0 Å². The molecule has 11 nitrogen and oxygen atoms in total. The van der Waals surface area contributed by atoms with Crippen LogP contribution in [-0.2, 0) is 23.3 Å². The first-order chi connectivity index (χ1) is 16.1. The number of carbonyl (C=O) groups excluding carboxylic acids is 3. The average Bonchev–Trinajstić information content (AvgIpc) is 3.50. The summed E-state index contributed by atoms with van der Waals surface area (Å²) in [6, 6.07) is 7.44. The number of Topliss-reactive ketones (excluding diaryl/α,β-unsaturated/α-hetero) is 1. The van der Waals surface area contributed by atoms with Gasteiger partial charge >= 0.3 is 0 Å². The molecular formula is C22H24N8O3S. The molecule has 0 aliphatic carbocycles. The summed E-state index contributed by atoms with van der Waals surface area (Å²) >= 11 is 1.23. The van der Waals surface area contributed by atoms with E-state index in [1.807, 2.05) is 45.0 Å². The van der Waals surface area contributed by atoms with Gasteiger partial charge in [-0.25, -0.2) is 4.98 Å². The highest BCUT2D eigenvalue weighted by atomic mass is 32.1. The van der Waals surface area contributed by atoms with Gasteiger partial charge in [0.25, 0.3) is 11.8 Å². The van der Waals surface area contributed by atoms with Crippen molar-refractivity contribution in [3.63, 3.8) is 0 Å². The lowest BCUT2D eigenvalue weighted by atomic mass is 9.91. The number of nitrogens with one attached hydrogen (secondary N) is 3. The Balaban J connectivity index is 1.72. The summed E-state index contributed by atoms with van der Waals surface area (Å²) in [5, 5.41) is 16.4. The monoisotopic (exact) mass is 480 g/mol. The van der Waals surface area contributed by atoms with Gasteiger partial charge in [-0.15, -0.1) is 0 Å². The Bertz CT molecular complexity index is 1360. The highest BCUT2D eigenvalue weighted by Gasteiger charge is 2.31. The van der Waals surface area contributed by atoms with Crippen LogP contribution in [0.25, 0.3) is 10.1 Å². The van der Waals surface area contributed by atoms with Gasteiger partial charge in [0.05, 0.1) is 29.7 Å². The normalized spacial score (nSPS) is 11.5. The van der Waals surface area contributed by atoms with Gasteiger partial charge in [0.1, 0.15) is 17.2 Å². The Morgan fingerprint density at radius 3 is 2.59 bits per heavy atom. The SMILES string of the molecule is CC(=O)Cn1c(C(=O)NCc2cn[nH]n2)nc(NC(=O)c2nsc3ccccc23)c1C(C)(C)C. The minimum atomic E-state index is -0.542. The van der Waals surface area contributed by atoms with Gasteiger partial charge in [-0.05, 0) is 24.5 Å². The predicted octanol–water partition coefficient (Wildman–Crippen LogP) is 2.68. The number of imidazole rings is 1. The van der Waals surface area contributed by atoms with Gasteiger partial charge in [0.2, 0.25) is 5.82 Å². The summed E-state index contributed by atoms with van der Waals surface area (Å²) in [6.07, 6.45) is 1.49. The Hall–Kier alpha value is -3.93. The molecule has 0 spiro atoms. The quantitative estimate of drug-likeness (QED) is 0.368. The second-order valence-electron chi connectivity index (χ2n) is 8.80. The summed E-state index contributed by atoms with van der Waals surface area (Å²) in [6.45, 7) is 7.26. The van der Waals surface area contributed by atoms with Crippen molar-refractivity contribution in [2.75, 3.05) is 5.32 Å². The van der Waals surface area contributed by atoms with Crippen molar-refractivity contribution in [2.45, 2.75) is 46.2 Å². The molecule has 0 unspecified atom stereocenters. The zero-order chi connectivity index (χ0) is 24.5. The standard InChI is InChI=1S/C22H24N8O3S/c1-12(31)11-30-17(22(2,3)4)18(25-19(30)21(33)23-9-13-10-24-29-27-13)26-20(32)16-14-7-5-6-8-15(14)34-28-16/h5-8,10H,9,11H2,1-4H3,(H,23,33)(H,26,32)(H,24,27,29). The first-order valence-corrected chi connectivity index (χ1v) is 11.3. The van der Waals surface area contributed by atoms with E-state index in [-0.39, 0.29) is 36.2 Å². The van der Waals surface area contributed by atoms with E-state index >= 15 is 0 Å². The van der Waals surface area contributed by atoms with Crippen LogP contribution in [0.3, 0.4) is 0 Å². The lowest BCUT2D eigenvalue weighted by Gasteiger charge is -2.23. The number of benzene rings is 1. The third kappa shape index (κ3) is 4.71. The van der Waals surface area contributed by atoms with Crippen molar-refractivity contribution in [1.29, 1.82) is 0 Å². The number of hydrogen-bond donors (Lipinski definition) is 3. The lowest BCUT2D eigenvalue weighted by Crippen LogP contribution is -2.29. The molecular weight excluding hydrogens is 456 g/mol. The molecule has 0 saturated heterocycles. The second kappa shape index (κ2) is 9.14. The van der Waals surface area contributed by atoms with E-state index in [0.29, 0.717) is 11.4 Å². The summed E-state index contributed by atoms with van der Waals surface area (Å²) in [4.78, 5) is 42.7. The molecule has 1 aromatic carbocycles. The Morgan fingerprint density at radius 2 is 1.91 bits per heavy atom. The molecule has 0 radical (unpaired) electrons. The zero-order valence-electron chi connectivity index (χ0n) is 19.2. The molecule has 12 heteroatoms. The molecule has 4 rings (SSSR count). The summed E-state index contributed by atoms with van der Waals surface area (Å²) < 4.78 is 6.74. The van der Waals surface area contributed by atoms with Crippen LogP contribution >= 0.6 is 11.5 Å². The van der Waals surface area contributed by atoms with E-state index in [1.54, 1.807) is 4.57 Å². The zero-order valence-corrected chi connectivity index (χ0v) is 20.0. The Morgan fingerprint density at radius 1 is 1.15 bits per heavy atom. The minimum Gasteiger partial charge on any atom is -0.344 e. The van der Waals surface area contributed by atoms with Crippen LogP contribution in [0.15, 0.2) is 30.5 Å². The van der Waals surface area contributed by atoms with Crippen LogP contribution in [0.1, 0.15) is 60.2 Å². The number of carbonyl (C=O) groups is 3. The molecule has 4 aromatic rings. The van der Waals surface area contributed by atoms with Gasteiger partial charge in [-0.3, -0.25) is 14.4 Å². The predicted molar refractivity (Wildman–Crippen MR) is 127 cm³/mol. The third-order valence-electron chi connectivity index (χ3n) is 4.98. The van der Waals surface area contributed by atoms with Crippen LogP contribution in [0.2, 0.25) is 0 Å². The summed E-state index contributed by atoms with van der Waals surface area (Å²) in [7, 11) is 0. The number of anilines is 1. The molecule has 0 aliphatic rings. The summed E-state index contributed by atoms with van der Waals surface area (Å²) in [5.74, 6) is -0.874. The highest BCUT2D eigenvalue weighted by molar-refractivity contribution is 7.13. The third-order valence-corrected chi connectivity index (χ3v) is 5.81. The van der Waals surface area contributed by atoms with Crippen molar-refractivity contribution in [3.05, 3.63) is 53.4 Å². The minimum absolute atomic E-state index is 0.0158. The van der Waals surface area contributed by atoms with E-state index in [2.05, 4.69) is 35.4 Å². The maximum atomic E-state index is 13.2. The first kappa shape index (κ1) is 23.2. The van der Waals surface area contributed by atoms with Crippen LogP contribution in [0.4, 0.5) is 5.82 Å². The molecule has 0 bridgehead atoms. The van der Waals surface area contributed by atoms with Gasteiger partial charge in [-0.1, -0.05) is 39.0 Å². The highest BCUT2D eigenvalue weighted by Crippen LogP contribution is 2.32. The van der Waals surface area contributed by atoms with E-state index in [9.17, 15) is 14.4 Å². The van der Waals surface area contributed by atoms with Crippen LogP contribution in [0, 0.1) is 0 Å². The molecule has 0 fully saturated rings. The molecule has 3 aromatic heterocycles. The van der Waals surface area contributed by atoms with Gasteiger partial charge < -0.3 is 15.2 Å². The fraction of sp³-hybridized carbons (Fsp3) is 0.318. The van der Waals surface area contributed by atoms with Crippen molar-refractivity contribution in [3.8, 4) is 0 Å². The average molecular weight is 481 g/mol. The van der Waals surface area contributed by atoms with Crippen LogP contribution < -0.4 is 10.6 Å². The van der Waals surface area contributed by atoms with Crippen molar-refractivity contribution < 1.29 is 14.4 Å². The van der Waals surface area contributed by atoms with Crippen molar-refractivity contribution in [2.24, 2.45) is 0 Å². The number of rotatable bonds is 7. The molecule has 2 amide bonds. The number of nitrogens with zero attached hydrogens (tertiary/aromatic N) is 5. The molecule has 34 heavy (non-hydrogen) atoms. The number of fused-ring (bicyclic) bond motifs is 1. The molecule has 176 valence electrons. The molecule has 3 N–H and O–H groups in total. The number of ketones is 1. The molecule has 0 atom stereocenters. The lowest BCUT2D eigenvalue weighted by molar-refractivity contribution is -0.117. The maximum Gasteiger partial charge on any atom is 0.287 e. The van der Waals surface area contributed by atoms with Gasteiger partial charge in [0, 0.05) is 10.8 Å². The number of hydrogen-bond acceptors (Lipinski definition) is 8. The fourth-order valence-electron chi connectivity index (χ4n) is 3.63. The topological polar surface area (TPSA) is 148 Å². The van der Waals surface area contributed by atoms with Gasteiger partial charge in [0.15, 0.2) is 5.82 Å². The summed E-state index contributed by atoms with van der Waals surface area (Å²) in [5.41, 5.74) is 0.832. The number of H-pyrrole nitrogens is 1. The molecule has 3 heterocycles. The van der Waals surface area contributed by atoms with Gasteiger partial charge in [-0.2, -0.15) is 19.8 Å². The van der Waals surface area contributed by atoms with E-state index in [1.165, 1.54) is 24.7 Å². The fourth-order valence-corrected chi connectivity index (χ4v) is 4.40.